The van der Waals surface area contributed by atoms with E-state index >= 15 is 0 Å². The van der Waals surface area contributed by atoms with Crippen LogP contribution in [0.25, 0.3) is 11.5 Å². The second-order valence-electron chi connectivity index (χ2n) is 5.41. The highest BCUT2D eigenvalue weighted by molar-refractivity contribution is 5.89. The zero-order valence-corrected chi connectivity index (χ0v) is 13.2. The van der Waals surface area contributed by atoms with Crippen LogP contribution in [-0.4, -0.2) is 16.2 Å². The number of benzene rings is 2. The van der Waals surface area contributed by atoms with E-state index in [0.717, 1.165) is 17.2 Å². The molecule has 0 bridgehead atoms. The molecule has 0 atom stereocenters. The predicted octanol–water partition coefficient (Wildman–Crippen LogP) is 3.85. The van der Waals surface area contributed by atoms with E-state index in [1.807, 2.05) is 31.2 Å². The lowest BCUT2D eigenvalue weighted by molar-refractivity contribution is 0.0438. The first-order valence-corrected chi connectivity index (χ1v) is 7.35. The molecule has 0 fully saturated rings. The normalized spacial score (nSPS) is 10.6. The summed E-state index contributed by atoms with van der Waals surface area (Å²) < 4.78 is 24.0. The van der Waals surface area contributed by atoms with Gasteiger partial charge in [-0.25, -0.2) is 9.18 Å². The average molecular weight is 326 g/mol. The fourth-order valence-electron chi connectivity index (χ4n) is 2.14. The molecule has 1 heterocycles. The first-order chi connectivity index (χ1) is 11.5. The number of hydrogen-bond donors (Lipinski definition) is 0. The average Bonchev–Trinajstić information content (AvgIpc) is 3.04. The second-order valence-corrected chi connectivity index (χ2v) is 5.41. The van der Waals surface area contributed by atoms with Gasteiger partial charge < -0.3 is 9.15 Å². The summed E-state index contributed by atoms with van der Waals surface area (Å²) in [7, 11) is 0. The standard InChI is InChI=1S/C18H15FN2O3/c1-11-4-3-5-13(8-11)17-21-20-16(24-17)10-23-18(22)14-7-6-12(2)15(19)9-14/h3-9H,10H2,1-2H3. The van der Waals surface area contributed by atoms with Crippen LogP contribution < -0.4 is 0 Å². The van der Waals surface area contributed by atoms with Crippen LogP contribution in [0.15, 0.2) is 46.9 Å². The summed E-state index contributed by atoms with van der Waals surface area (Å²) >= 11 is 0. The maximum Gasteiger partial charge on any atom is 0.338 e. The van der Waals surface area contributed by atoms with Gasteiger partial charge in [-0.3, -0.25) is 0 Å². The molecule has 0 aliphatic carbocycles. The fraction of sp³-hybridized carbons (Fsp3) is 0.167. The highest BCUT2D eigenvalue weighted by atomic mass is 19.1. The molecule has 24 heavy (non-hydrogen) atoms. The van der Waals surface area contributed by atoms with Gasteiger partial charge >= 0.3 is 5.97 Å². The molecule has 6 heteroatoms. The van der Waals surface area contributed by atoms with Crippen LogP contribution >= 0.6 is 0 Å². The molecule has 0 spiro atoms. The van der Waals surface area contributed by atoms with Gasteiger partial charge in [0, 0.05) is 5.56 Å². The molecule has 0 unspecified atom stereocenters. The Kier molecular flexibility index (Phi) is 4.37. The first kappa shape index (κ1) is 15.9. The molecule has 0 radical (unpaired) electrons. The van der Waals surface area contributed by atoms with Crippen LogP contribution in [0.3, 0.4) is 0 Å². The van der Waals surface area contributed by atoms with E-state index in [0.29, 0.717) is 11.5 Å². The summed E-state index contributed by atoms with van der Waals surface area (Å²) in [4.78, 5) is 11.9. The Hall–Kier alpha value is -3.02. The Bertz CT molecular complexity index is 889. The first-order valence-electron chi connectivity index (χ1n) is 7.35. The number of ether oxygens (including phenoxy) is 1. The molecule has 122 valence electrons. The predicted molar refractivity (Wildman–Crippen MR) is 84.7 cm³/mol. The number of rotatable bonds is 4. The minimum Gasteiger partial charge on any atom is -0.452 e. The van der Waals surface area contributed by atoms with Crippen molar-refractivity contribution in [3.05, 3.63) is 70.9 Å². The topological polar surface area (TPSA) is 65.2 Å². The highest BCUT2D eigenvalue weighted by Crippen LogP contribution is 2.19. The molecule has 0 saturated heterocycles. The molecule has 0 saturated carbocycles. The lowest BCUT2D eigenvalue weighted by Gasteiger charge is -2.03. The van der Waals surface area contributed by atoms with Crippen molar-refractivity contribution in [1.29, 1.82) is 0 Å². The van der Waals surface area contributed by atoms with Crippen molar-refractivity contribution in [2.75, 3.05) is 0 Å². The van der Waals surface area contributed by atoms with Crippen LogP contribution in [0.1, 0.15) is 27.4 Å². The summed E-state index contributed by atoms with van der Waals surface area (Å²) in [5.74, 6) is -0.577. The number of esters is 1. The summed E-state index contributed by atoms with van der Waals surface area (Å²) in [5, 5.41) is 7.79. The Labute approximate surface area is 138 Å². The van der Waals surface area contributed by atoms with Crippen molar-refractivity contribution in [1.82, 2.24) is 10.2 Å². The lowest BCUT2D eigenvalue weighted by Crippen LogP contribution is -2.06. The van der Waals surface area contributed by atoms with Gasteiger partial charge in [-0.05, 0) is 43.7 Å². The molecular formula is C18H15FN2O3. The highest BCUT2D eigenvalue weighted by Gasteiger charge is 2.13. The van der Waals surface area contributed by atoms with E-state index in [9.17, 15) is 9.18 Å². The number of aromatic nitrogens is 2. The van der Waals surface area contributed by atoms with Gasteiger partial charge in [0.05, 0.1) is 5.56 Å². The van der Waals surface area contributed by atoms with E-state index in [2.05, 4.69) is 10.2 Å². The van der Waals surface area contributed by atoms with E-state index in [4.69, 9.17) is 9.15 Å². The zero-order chi connectivity index (χ0) is 17.1. The molecule has 1 aromatic heterocycles. The zero-order valence-electron chi connectivity index (χ0n) is 13.2. The summed E-state index contributed by atoms with van der Waals surface area (Å²) in [6.45, 7) is 3.41. The monoisotopic (exact) mass is 326 g/mol. The number of hydrogen-bond acceptors (Lipinski definition) is 5. The number of carbonyl (C=O) groups is 1. The van der Waals surface area contributed by atoms with Gasteiger partial charge in [-0.15, -0.1) is 10.2 Å². The van der Waals surface area contributed by atoms with Gasteiger partial charge in [-0.1, -0.05) is 23.8 Å². The maximum absolute atomic E-state index is 13.5. The van der Waals surface area contributed by atoms with Crippen molar-refractivity contribution in [3.8, 4) is 11.5 Å². The van der Waals surface area contributed by atoms with Gasteiger partial charge in [0.1, 0.15) is 5.82 Å². The lowest BCUT2D eigenvalue weighted by atomic mass is 10.1. The smallest absolute Gasteiger partial charge is 0.338 e. The third kappa shape index (κ3) is 3.48. The van der Waals surface area contributed by atoms with Crippen LogP contribution in [0.2, 0.25) is 0 Å². The summed E-state index contributed by atoms with van der Waals surface area (Å²) in [6.07, 6.45) is 0. The number of halogens is 1. The van der Waals surface area contributed by atoms with Gasteiger partial charge in [0.2, 0.25) is 5.89 Å². The van der Waals surface area contributed by atoms with Crippen molar-refractivity contribution in [3.63, 3.8) is 0 Å². The Morgan fingerprint density at radius 1 is 1.17 bits per heavy atom. The molecule has 0 aliphatic heterocycles. The van der Waals surface area contributed by atoms with E-state index in [1.165, 1.54) is 12.1 Å². The molecule has 0 aliphatic rings. The second kappa shape index (κ2) is 6.62. The number of nitrogens with zero attached hydrogens (tertiary/aromatic N) is 2. The number of aryl methyl sites for hydroxylation is 2. The third-order valence-corrected chi connectivity index (χ3v) is 3.47. The minimum atomic E-state index is -0.649. The van der Waals surface area contributed by atoms with Crippen LogP contribution in [0.5, 0.6) is 0 Å². The molecule has 0 amide bonds. The quantitative estimate of drug-likeness (QED) is 0.681. The molecule has 3 aromatic rings. The van der Waals surface area contributed by atoms with Crippen molar-refractivity contribution < 1.29 is 18.3 Å². The Morgan fingerprint density at radius 2 is 2.00 bits per heavy atom. The molecule has 0 N–H and O–H groups in total. The fourth-order valence-corrected chi connectivity index (χ4v) is 2.14. The van der Waals surface area contributed by atoms with Crippen LogP contribution in [-0.2, 0) is 11.3 Å². The van der Waals surface area contributed by atoms with Crippen LogP contribution in [0.4, 0.5) is 4.39 Å². The van der Waals surface area contributed by atoms with Crippen molar-refractivity contribution in [2.45, 2.75) is 20.5 Å². The van der Waals surface area contributed by atoms with E-state index in [-0.39, 0.29) is 18.1 Å². The van der Waals surface area contributed by atoms with Gasteiger partial charge in [0.25, 0.3) is 5.89 Å². The Balaban J connectivity index is 1.67. The van der Waals surface area contributed by atoms with E-state index in [1.54, 1.807) is 6.92 Å². The van der Waals surface area contributed by atoms with Gasteiger partial charge in [0.15, 0.2) is 6.61 Å². The molecule has 2 aromatic carbocycles. The summed E-state index contributed by atoms with van der Waals surface area (Å²) in [5.41, 5.74) is 2.46. The Morgan fingerprint density at radius 3 is 2.75 bits per heavy atom. The maximum atomic E-state index is 13.5. The largest absolute Gasteiger partial charge is 0.452 e. The van der Waals surface area contributed by atoms with E-state index < -0.39 is 11.8 Å². The van der Waals surface area contributed by atoms with Gasteiger partial charge in [-0.2, -0.15) is 0 Å². The van der Waals surface area contributed by atoms with Crippen molar-refractivity contribution in [2.24, 2.45) is 0 Å². The number of carbonyl (C=O) groups excluding carboxylic acids is 1. The minimum absolute atomic E-state index is 0.136. The summed E-state index contributed by atoms with van der Waals surface area (Å²) in [6, 6.07) is 11.8. The molecule has 5 nitrogen and oxygen atoms in total. The van der Waals surface area contributed by atoms with Crippen molar-refractivity contribution >= 4 is 5.97 Å². The van der Waals surface area contributed by atoms with Crippen LogP contribution in [0, 0.1) is 19.7 Å². The SMILES string of the molecule is Cc1cccc(-c2nnc(COC(=O)c3ccc(C)c(F)c3)o2)c1. The molecule has 3 rings (SSSR count). The third-order valence-electron chi connectivity index (χ3n) is 3.47. The molecular weight excluding hydrogens is 311 g/mol.